The van der Waals surface area contributed by atoms with Crippen molar-refractivity contribution in [2.75, 3.05) is 5.75 Å². The largest absolute Gasteiger partial charge is 0.256 e. The molecule has 0 aliphatic carbocycles. The van der Waals surface area contributed by atoms with Gasteiger partial charge in [-0.3, -0.25) is 10.4 Å². The average molecular weight is 299 g/mol. The molecule has 3 rings (SSSR count). The van der Waals surface area contributed by atoms with Crippen LogP contribution in [0.5, 0.6) is 0 Å². The molecule has 0 saturated carbocycles. The van der Waals surface area contributed by atoms with E-state index >= 15 is 0 Å². The molecule has 0 aromatic heterocycles. The molecule has 1 heterocycles. The van der Waals surface area contributed by atoms with E-state index in [-0.39, 0.29) is 5.82 Å². The number of hydrogen-bond donors (Lipinski definition) is 1. The maximum absolute atomic E-state index is 13.7. The molecule has 0 atom stereocenters. The number of halogens is 1. The standard InChI is InChI=1S/C16H14FN3S/c17-14-9-5-4-8-13(14)15-11-21-16(20-19-15)18-10-12-6-2-1-3-7-12/h1-9H,10-11H2,(H,18,20). The van der Waals surface area contributed by atoms with Crippen molar-refractivity contribution in [3.8, 4) is 0 Å². The summed E-state index contributed by atoms with van der Waals surface area (Å²) >= 11 is 1.54. The summed E-state index contributed by atoms with van der Waals surface area (Å²) in [6.07, 6.45) is 0. The molecule has 0 amide bonds. The number of hydrogen-bond acceptors (Lipinski definition) is 3. The highest BCUT2D eigenvalue weighted by Gasteiger charge is 2.15. The fourth-order valence-electron chi connectivity index (χ4n) is 1.98. The van der Waals surface area contributed by atoms with Gasteiger partial charge in [-0.2, -0.15) is 5.10 Å². The van der Waals surface area contributed by atoms with Crippen molar-refractivity contribution >= 4 is 22.6 Å². The monoisotopic (exact) mass is 299 g/mol. The quantitative estimate of drug-likeness (QED) is 0.943. The van der Waals surface area contributed by atoms with Gasteiger partial charge in [-0.15, -0.1) is 0 Å². The number of benzene rings is 2. The third-order valence-corrected chi connectivity index (χ3v) is 3.98. The zero-order valence-corrected chi connectivity index (χ0v) is 12.1. The van der Waals surface area contributed by atoms with Crippen LogP contribution in [0.3, 0.4) is 0 Å². The van der Waals surface area contributed by atoms with E-state index < -0.39 is 0 Å². The zero-order valence-electron chi connectivity index (χ0n) is 11.3. The van der Waals surface area contributed by atoms with Crippen LogP contribution in [0, 0.1) is 5.82 Å². The van der Waals surface area contributed by atoms with E-state index in [1.165, 1.54) is 17.8 Å². The molecule has 0 radical (unpaired) electrons. The lowest BCUT2D eigenvalue weighted by Gasteiger charge is -2.15. The summed E-state index contributed by atoms with van der Waals surface area (Å²) in [5, 5.41) is 4.99. The first-order valence-electron chi connectivity index (χ1n) is 6.61. The summed E-state index contributed by atoms with van der Waals surface area (Å²) in [5.74, 6) is 0.366. The van der Waals surface area contributed by atoms with Gasteiger partial charge in [0.2, 0.25) is 0 Å². The third-order valence-electron chi connectivity index (χ3n) is 3.06. The molecule has 0 unspecified atom stereocenters. The Bertz CT molecular complexity index is 683. The van der Waals surface area contributed by atoms with Gasteiger partial charge in [0, 0.05) is 11.3 Å². The van der Waals surface area contributed by atoms with Crippen LogP contribution in [0.4, 0.5) is 4.39 Å². The Morgan fingerprint density at radius 3 is 2.57 bits per heavy atom. The lowest BCUT2D eigenvalue weighted by molar-refractivity contribution is 0.625. The topological polar surface area (TPSA) is 36.8 Å². The second kappa shape index (κ2) is 6.54. The number of rotatable bonds is 3. The Kier molecular flexibility index (Phi) is 4.31. The summed E-state index contributed by atoms with van der Waals surface area (Å²) in [5.41, 5.74) is 5.30. The van der Waals surface area contributed by atoms with E-state index in [4.69, 9.17) is 0 Å². The normalized spacial score (nSPS) is 16.4. The molecule has 1 N–H and O–H groups in total. The predicted molar refractivity (Wildman–Crippen MR) is 86.1 cm³/mol. The minimum Gasteiger partial charge on any atom is -0.256 e. The summed E-state index contributed by atoms with van der Waals surface area (Å²) in [7, 11) is 0. The fourth-order valence-corrected chi connectivity index (χ4v) is 2.74. The van der Waals surface area contributed by atoms with Gasteiger partial charge in [-0.05, 0) is 11.6 Å². The number of aliphatic imine (C=N–C) groups is 1. The average Bonchev–Trinajstić information content (AvgIpc) is 2.55. The van der Waals surface area contributed by atoms with Crippen molar-refractivity contribution in [2.45, 2.75) is 6.54 Å². The summed E-state index contributed by atoms with van der Waals surface area (Å²) < 4.78 is 13.7. The van der Waals surface area contributed by atoms with E-state index in [1.54, 1.807) is 12.1 Å². The van der Waals surface area contributed by atoms with Gasteiger partial charge in [0.25, 0.3) is 0 Å². The molecule has 1 aliphatic heterocycles. The van der Waals surface area contributed by atoms with Crippen LogP contribution in [0.2, 0.25) is 0 Å². The Hall–Kier alpha value is -2.14. The van der Waals surface area contributed by atoms with Gasteiger partial charge in [-0.25, -0.2) is 4.39 Å². The van der Waals surface area contributed by atoms with Crippen LogP contribution in [0.25, 0.3) is 0 Å². The number of nitrogens with zero attached hydrogens (tertiary/aromatic N) is 2. The maximum atomic E-state index is 13.7. The molecule has 5 heteroatoms. The second-order valence-corrected chi connectivity index (χ2v) is 5.51. The smallest absolute Gasteiger partial charge is 0.177 e. The highest BCUT2D eigenvalue weighted by atomic mass is 32.2. The van der Waals surface area contributed by atoms with Crippen molar-refractivity contribution in [3.05, 3.63) is 71.5 Å². The molecule has 1 aliphatic rings. The summed E-state index contributed by atoms with van der Waals surface area (Å²) in [4.78, 5) is 4.47. The highest BCUT2D eigenvalue weighted by Crippen LogP contribution is 2.16. The highest BCUT2D eigenvalue weighted by molar-refractivity contribution is 8.14. The van der Waals surface area contributed by atoms with E-state index in [1.807, 2.05) is 36.4 Å². The van der Waals surface area contributed by atoms with Gasteiger partial charge in [0.05, 0.1) is 12.3 Å². The van der Waals surface area contributed by atoms with Crippen LogP contribution >= 0.6 is 11.8 Å². The van der Waals surface area contributed by atoms with E-state index in [0.29, 0.717) is 23.6 Å². The van der Waals surface area contributed by atoms with Crippen molar-refractivity contribution in [1.29, 1.82) is 0 Å². The zero-order chi connectivity index (χ0) is 14.5. The molecule has 0 spiro atoms. The van der Waals surface area contributed by atoms with Crippen LogP contribution in [0.1, 0.15) is 11.1 Å². The predicted octanol–water partition coefficient (Wildman–Crippen LogP) is 3.42. The minimum absolute atomic E-state index is 0.247. The van der Waals surface area contributed by atoms with Gasteiger partial charge < -0.3 is 0 Å². The Labute approximate surface area is 127 Å². The molecular formula is C16H14FN3S. The van der Waals surface area contributed by atoms with Gasteiger partial charge in [-0.1, -0.05) is 60.3 Å². The second-order valence-electron chi connectivity index (χ2n) is 4.55. The van der Waals surface area contributed by atoms with Gasteiger partial charge >= 0.3 is 0 Å². The van der Waals surface area contributed by atoms with Gasteiger partial charge in [0.1, 0.15) is 5.82 Å². The van der Waals surface area contributed by atoms with Crippen molar-refractivity contribution < 1.29 is 4.39 Å². The first-order valence-corrected chi connectivity index (χ1v) is 7.60. The minimum atomic E-state index is -0.247. The van der Waals surface area contributed by atoms with E-state index in [9.17, 15) is 4.39 Å². The van der Waals surface area contributed by atoms with Gasteiger partial charge in [0.15, 0.2) is 5.17 Å². The molecule has 106 valence electrons. The molecular weight excluding hydrogens is 285 g/mol. The maximum Gasteiger partial charge on any atom is 0.177 e. The lowest BCUT2D eigenvalue weighted by atomic mass is 10.1. The van der Waals surface area contributed by atoms with Crippen molar-refractivity contribution in [2.24, 2.45) is 10.1 Å². The lowest BCUT2D eigenvalue weighted by Crippen LogP contribution is -2.26. The van der Waals surface area contributed by atoms with Crippen molar-refractivity contribution in [3.63, 3.8) is 0 Å². The first kappa shape index (κ1) is 13.8. The summed E-state index contributed by atoms with van der Waals surface area (Å²) in [6, 6.07) is 16.7. The van der Waals surface area contributed by atoms with E-state index in [2.05, 4.69) is 15.5 Å². The Morgan fingerprint density at radius 2 is 1.86 bits per heavy atom. The van der Waals surface area contributed by atoms with Crippen LogP contribution in [0.15, 0.2) is 64.7 Å². The number of thioether (sulfide) groups is 1. The number of amidine groups is 1. The number of nitrogens with one attached hydrogen (secondary N) is 1. The third kappa shape index (κ3) is 3.49. The molecule has 2 aromatic carbocycles. The van der Waals surface area contributed by atoms with Crippen LogP contribution < -0.4 is 5.43 Å². The Balaban J connectivity index is 1.68. The summed E-state index contributed by atoms with van der Waals surface area (Å²) in [6.45, 7) is 0.612. The molecule has 0 saturated heterocycles. The number of hydrazone groups is 1. The Morgan fingerprint density at radius 1 is 1.10 bits per heavy atom. The molecule has 0 fully saturated rings. The van der Waals surface area contributed by atoms with Crippen LogP contribution in [-0.2, 0) is 6.54 Å². The van der Waals surface area contributed by atoms with E-state index in [0.717, 1.165) is 10.7 Å². The molecule has 3 nitrogen and oxygen atoms in total. The molecule has 21 heavy (non-hydrogen) atoms. The fraction of sp³-hybridized carbons (Fsp3) is 0.125. The van der Waals surface area contributed by atoms with Crippen molar-refractivity contribution in [1.82, 2.24) is 5.43 Å². The molecule has 2 aromatic rings. The molecule has 0 bridgehead atoms. The SMILES string of the molecule is Fc1ccccc1C1=NNC(=NCc2ccccc2)SC1. The first-order chi connectivity index (χ1) is 10.3. The van der Waals surface area contributed by atoms with Crippen LogP contribution in [-0.4, -0.2) is 16.6 Å².